The van der Waals surface area contributed by atoms with Gasteiger partial charge in [0.15, 0.2) is 0 Å². The maximum absolute atomic E-state index is 11.6. The SMILES string of the molecule is Cc1cc(O)cc(=O)n1CCc1cnc[nH]1. The molecule has 2 N–H and O–H groups in total. The lowest BCUT2D eigenvalue weighted by atomic mass is 10.3. The summed E-state index contributed by atoms with van der Waals surface area (Å²) in [5.74, 6) is 0.0142. The first-order valence-corrected chi connectivity index (χ1v) is 5.04. The minimum absolute atomic E-state index is 0.0142. The van der Waals surface area contributed by atoms with Gasteiger partial charge in [-0.15, -0.1) is 0 Å². The Hall–Kier alpha value is -2.04. The molecule has 0 aliphatic carbocycles. The van der Waals surface area contributed by atoms with Gasteiger partial charge in [0.05, 0.1) is 6.33 Å². The molecule has 5 nitrogen and oxygen atoms in total. The summed E-state index contributed by atoms with van der Waals surface area (Å²) in [4.78, 5) is 18.5. The van der Waals surface area contributed by atoms with Crippen molar-refractivity contribution in [2.45, 2.75) is 19.9 Å². The van der Waals surface area contributed by atoms with Crippen LogP contribution in [0.2, 0.25) is 0 Å². The molecule has 0 aliphatic heterocycles. The Balaban J connectivity index is 2.19. The van der Waals surface area contributed by atoms with Crippen LogP contribution in [0.5, 0.6) is 5.75 Å². The van der Waals surface area contributed by atoms with Crippen LogP contribution < -0.4 is 5.56 Å². The number of H-pyrrole nitrogens is 1. The molecule has 0 saturated heterocycles. The molecular weight excluding hydrogens is 206 g/mol. The fourth-order valence-corrected chi connectivity index (χ4v) is 1.65. The second kappa shape index (κ2) is 4.22. The van der Waals surface area contributed by atoms with Gasteiger partial charge in [0, 0.05) is 36.6 Å². The van der Waals surface area contributed by atoms with Gasteiger partial charge in [0.1, 0.15) is 5.75 Å². The summed E-state index contributed by atoms with van der Waals surface area (Å²) in [6, 6.07) is 2.80. The number of nitrogens with zero attached hydrogens (tertiary/aromatic N) is 2. The van der Waals surface area contributed by atoms with E-state index in [0.29, 0.717) is 13.0 Å². The van der Waals surface area contributed by atoms with Gasteiger partial charge in [-0.25, -0.2) is 4.98 Å². The van der Waals surface area contributed by atoms with Crippen LogP contribution in [-0.4, -0.2) is 19.6 Å². The standard InChI is InChI=1S/C11H13N3O2/c1-8-4-10(15)5-11(16)14(8)3-2-9-6-12-7-13-9/h4-7,15H,2-3H2,1H3,(H,12,13). The van der Waals surface area contributed by atoms with E-state index in [4.69, 9.17) is 0 Å². The van der Waals surface area contributed by atoms with Crippen LogP contribution in [0.15, 0.2) is 29.5 Å². The van der Waals surface area contributed by atoms with E-state index in [1.807, 2.05) is 0 Å². The van der Waals surface area contributed by atoms with Crippen molar-refractivity contribution in [1.29, 1.82) is 0 Å². The van der Waals surface area contributed by atoms with E-state index in [9.17, 15) is 9.90 Å². The Morgan fingerprint density at radius 3 is 2.94 bits per heavy atom. The van der Waals surface area contributed by atoms with Crippen LogP contribution in [0.1, 0.15) is 11.4 Å². The number of aromatic hydroxyl groups is 1. The summed E-state index contributed by atoms with van der Waals surface area (Å²) in [5, 5.41) is 9.24. The van der Waals surface area contributed by atoms with Gasteiger partial charge >= 0.3 is 0 Å². The molecule has 84 valence electrons. The van der Waals surface area contributed by atoms with Crippen LogP contribution in [-0.2, 0) is 13.0 Å². The van der Waals surface area contributed by atoms with Crippen molar-refractivity contribution < 1.29 is 5.11 Å². The number of nitrogens with one attached hydrogen (secondary N) is 1. The van der Waals surface area contributed by atoms with Gasteiger partial charge in [0.2, 0.25) is 0 Å². The molecule has 2 heterocycles. The van der Waals surface area contributed by atoms with Crippen molar-refractivity contribution in [2.24, 2.45) is 0 Å². The van der Waals surface area contributed by atoms with Crippen LogP contribution in [0.4, 0.5) is 0 Å². The van der Waals surface area contributed by atoms with E-state index in [1.54, 1.807) is 30.1 Å². The van der Waals surface area contributed by atoms with Gasteiger partial charge < -0.3 is 14.7 Å². The average Bonchev–Trinajstić information content (AvgIpc) is 2.68. The molecule has 0 fully saturated rings. The van der Waals surface area contributed by atoms with Crippen molar-refractivity contribution in [1.82, 2.24) is 14.5 Å². The van der Waals surface area contributed by atoms with Crippen molar-refractivity contribution in [3.63, 3.8) is 0 Å². The Morgan fingerprint density at radius 2 is 2.31 bits per heavy atom. The van der Waals surface area contributed by atoms with Gasteiger partial charge in [-0.05, 0) is 13.0 Å². The van der Waals surface area contributed by atoms with Gasteiger partial charge in [-0.3, -0.25) is 4.79 Å². The first-order chi connectivity index (χ1) is 7.66. The topological polar surface area (TPSA) is 70.9 Å². The highest BCUT2D eigenvalue weighted by Gasteiger charge is 2.03. The molecule has 2 aromatic heterocycles. The average molecular weight is 219 g/mol. The van der Waals surface area contributed by atoms with Crippen molar-refractivity contribution in [3.8, 4) is 5.75 Å². The van der Waals surface area contributed by atoms with E-state index in [2.05, 4.69) is 9.97 Å². The molecule has 0 aliphatic rings. The summed E-state index contributed by atoms with van der Waals surface area (Å²) in [5.41, 5.74) is 1.56. The lowest BCUT2D eigenvalue weighted by Gasteiger charge is -2.08. The third-order valence-corrected chi connectivity index (χ3v) is 2.48. The van der Waals surface area contributed by atoms with E-state index >= 15 is 0 Å². The predicted molar refractivity (Wildman–Crippen MR) is 59.4 cm³/mol. The number of hydrogen-bond acceptors (Lipinski definition) is 3. The first-order valence-electron chi connectivity index (χ1n) is 5.04. The van der Waals surface area contributed by atoms with Crippen molar-refractivity contribution >= 4 is 0 Å². The minimum atomic E-state index is -0.183. The Morgan fingerprint density at radius 1 is 1.50 bits per heavy atom. The van der Waals surface area contributed by atoms with E-state index in [-0.39, 0.29) is 11.3 Å². The molecule has 5 heteroatoms. The Kier molecular flexibility index (Phi) is 2.76. The number of pyridine rings is 1. The summed E-state index contributed by atoms with van der Waals surface area (Å²) >= 11 is 0. The highest BCUT2D eigenvalue weighted by atomic mass is 16.3. The second-order valence-corrected chi connectivity index (χ2v) is 3.67. The van der Waals surface area contributed by atoms with Gasteiger partial charge in [0.25, 0.3) is 5.56 Å². The first kappa shape index (κ1) is 10.5. The molecule has 0 aromatic carbocycles. The maximum atomic E-state index is 11.6. The molecule has 0 bridgehead atoms. The molecule has 0 spiro atoms. The molecule has 0 radical (unpaired) electrons. The van der Waals surface area contributed by atoms with E-state index in [1.165, 1.54) is 6.07 Å². The van der Waals surface area contributed by atoms with E-state index in [0.717, 1.165) is 11.4 Å². The van der Waals surface area contributed by atoms with Crippen LogP contribution in [0, 0.1) is 6.92 Å². The smallest absolute Gasteiger partial charge is 0.254 e. The predicted octanol–water partition coefficient (Wildman–Crippen LogP) is 0.828. The number of rotatable bonds is 3. The highest BCUT2D eigenvalue weighted by Crippen LogP contribution is 2.07. The monoisotopic (exact) mass is 219 g/mol. The summed E-state index contributed by atoms with van der Waals surface area (Å²) in [6.07, 6.45) is 4.06. The van der Waals surface area contributed by atoms with Crippen LogP contribution in [0.3, 0.4) is 0 Å². The second-order valence-electron chi connectivity index (χ2n) is 3.67. The Labute approximate surface area is 92.4 Å². The zero-order valence-corrected chi connectivity index (χ0v) is 8.97. The van der Waals surface area contributed by atoms with Crippen molar-refractivity contribution in [3.05, 3.63) is 46.4 Å². The molecular formula is C11H13N3O2. The molecule has 0 atom stereocenters. The molecule has 0 amide bonds. The fraction of sp³-hybridized carbons (Fsp3) is 0.273. The van der Waals surface area contributed by atoms with Crippen LogP contribution in [0.25, 0.3) is 0 Å². The number of aryl methyl sites for hydroxylation is 2. The van der Waals surface area contributed by atoms with Gasteiger partial charge in [-0.1, -0.05) is 0 Å². The number of hydrogen-bond donors (Lipinski definition) is 2. The summed E-state index contributed by atoms with van der Waals surface area (Å²) < 4.78 is 1.63. The molecule has 16 heavy (non-hydrogen) atoms. The zero-order chi connectivity index (χ0) is 11.5. The molecule has 0 unspecified atom stereocenters. The van der Waals surface area contributed by atoms with Gasteiger partial charge in [-0.2, -0.15) is 0 Å². The highest BCUT2D eigenvalue weighted by molar-refractivity contribution is 5.21. The molecule has 2 aromatic rings. The summed E-state index contributed by atoms with van der Waals surface area (Å²) in [7, 11) is 0. The van der Waals surface area contributed by atoms with Crippen molar-refractivity contribution in [2.75, 3.05) is 0 Å². The minimum Gasteiger partial charge on any atom is -0.508 e. The van der Waals surface area contributed by atoms with E-state index < -0.39 is 0 Å². The summed E-state index contributed by atoms with van der Waals surface area (Å²) in [6.45, 7) is 2.38. The lowest BCUT2D eigenvalue weighted by molar-refractivity contribution is 0.469. The number of aromatic nitrogens is 3. The fourth-order valence-electron chi connectivity index (χ4n) is 1.65. The lowest BCUT2D eigenvalue weighted by Crippen LogP contribution is -2.22. The Bertz CT molecular complexity index is 529. The molecule has 2 rings (SSSR count). The van der Waals surface area contributed by atoms with Crippen LogP contribution >= 0.6 is 0 Å². The number of aromatic amines is 1. The third kappa shape index (κ3) is 2.13. The maximum Gasteiger partial charge on any atom is 0.254 e. The largest absolute Gasteiger partial charge is 0.508 e. The normalized spacial score (nSPS) is 10.6. The molecule has 0 saturated carbocycles. The quantitative estimate of drug-likeness (QED) is 0.803. The third-order valence-electron chi connectivity index (χ3n) is 2.48. The zero-order valence-electron chi connectivity index (χ0n) is 8.97. The number of imidazole rings is 1.